The summed E-state index contributed by atoms with van der Waals surface area (Å²) in [7, 11) is 0. The average molecular weight is 710 g/mol. The molecule has 0 fully saturated rings. The Morgan fingerprint density at radius 1 is 0.375 bits per heavy atom. The molecule has 2 heterocycles. The van der Waals surface area contributed by atoms with E-state index < -0.39 is 5.41 Å². The van der Waals surface area contributed by atoms with Gasteiger partial charge in [0.25, 0.3) is 0 Å². The van der Waals surface area contributed by atoms with Crippen LogP contribution in [0, 0.1) is 0 Å². The lowest BCUT2D eigenvalue weighted by Gasteiger charge is -2.30. The van der Waals surface area contributed by atoms with Crippen molar-refractivity contribution in [3.05, 3.63) is 210 Å². The number of pyridine rings is 1. The van der Waals surface area contributed by atoms with Crippen molar-refractivity contribution in [2.75, 3.05) is 0 Å². The van der Waals surface area contributed by atoms with Crippen molar-refractivity contribution in [1.82, 2.24) is 4.98 Å². The first-order chi connectivity index (χ1) is 27.8. The second-order valence-corrected chi connectivity index (χ2v) is 15.4. The zero-order valence-corrected chi connectivity index (χ0v) is 30.3. The minimum absolute atomic E-state index is 0.568. The third-order valence-electron chi connectivity index (χ3n) is 12.7. The summed E-state index contributed by atoms with van der Waals surface area (Å²) in [5, 5.41) is 11.2. The lowest BCUT2D eigenvalue weighted by Crippen LogP contribution is -2.26. The number of furan rings is 1. The van der Waals surface area contributed by atoms with Crippen LogP contribution >= 0.6 is 0 Å². The van der Waals surface area contributed by atoms with E-state index in [1.54, 1.807) is 0 Å². The highest BCUT2D eigenvalue weighted by molar-refractivity contribution is 6.24. The van der Waals surface area contributed by atoms with Gasteiger partial charge in [0.05, 0.1) is 11.1 Å². The van der Waals surface area contributed by atoms with Crippen LogP contribution < -0.4 is 0 Å². The van der Waals surface area contributed by atoms with E-state index in [9.17, 15) is 0 Å². The topological polar surface area (TPSA) is 26.0 Å². The third-order valence-corrected chi connectivity index (χ3v) is 12.7. The second-order valence-electron chi connectivity index (χ2n) is 15.4. The number of hydrogen-bond donors (Lipinski definition) is 0. The number of rotatable bonds is 2. The van der Waals surface area contributed by atoms with Crippen molar-refractivity contribution < 1.29 is 4.42 Å². The standard InChI is InChI=1S/C54H31NO/c1-2-13-33-28-34(24-23-32(33)12-1)43-30-45-39-17-6-4-15-37(39)44(31-46(45)38-16-5-3-14-36(38)43)35-25-26-40-49(29-35)54(48-21-11-27-55-52(40)48)47-20-9-7-18-41(47)53-51(54)42-19-8-10-22-50(42)56-53/h1-31H. The molecule has 0 bridgehead atoms. The van der Waals surface area contributed by atoms with Gasteiger partial charge in [0.1, 0.15) is 11.3 Å². The quantitative estimate of drug-likeness (QED) is 0.167. The Balaban J connectivity index is 1.11. The summed E-state index contributed by atoms with van der Waals surface area (Å²) >= 11 is 0. The molecule has 0 amide bonds. The van der Waals surface area contributed by atoms with Gasteiger partial charge in [-0.3, -0.25) is 4.98 Å². The Labute approximate surface area is 322 Å². The van der Waals surface area contributed by atoms with Crippen molar-refractivity contribution in [3.8, 4) is 44.8 Å². The third kappa shape index (κ3) is 3.78. The molecule has 1 unspecified atom stereocenters. The fourth-order valence-electron chi connectivity index (χ4n) is 10.4. The van der Waals surface area contributed by atoms with Gasteiger partial charge in [-0.15, -0.1) is 0 Å². The maximum atomic E-state index is 6.76. The molecule has 1 atom stereocenters. The first kappa shape index (κ1) is 30.1. The van der Waals surface area contributed by atoms with Crippen molar-refractivity contribution in [2.24, 2.45) is 0 Å². The number of aromatic nitrogens is 1. The Hall–Kier alpha value is -7.29. The van der Waals surface area contributed by atoms with Crippen LogP contribution in [0.2, 0.25) is 0 Å². The fraction of sp³-hybridized carbons (Fsp3) is 0.0185. The Kier molecular flexibility index (Phi) is 5.86. The average Bonchev–Trinajstić information content (AvgIpc) is 3.89. The Bertz CT molecular complexity index is 3500. The molecule has 9 aromatic carbocycles. The number of benzene rings is 9. The van der Waals surface area contributed by atoms with E-state index in [1.807, 2.05) is 6.20 Å². The predicted molar refractivity (Wildman–Crippen MR) is 231 cm³/mol. The molecular weight excluding hydrogens is 679 g/mol. The molecule has 0 saturated carbocycles. The largest absolute Gasteiger partial charge is 0.456 e. The van der Waals surface area contributed by atoms with E-state index in [4.69, 9.17) is 9.40 Å². The maximum absolute atomic E-state index is 6.76. The summed E-state index contributed by atoms with van der Waals surface area (Å²) in [6, 6.07) is 67.0. The van der Waals surface area contributed by atoms with E-state index in [0.717, 1.165) is 28.0 Å². The van der Waals surface area contributed by atoms with Crippen LogP contribution in [0.4, 0.5) is 0 Å². The van der Waals surface area contributed by atoms with Gasteiger partial charge in [-0.2, -0.15) is 0 Å². The number of para-hydroxylation sites is 1. The molecule has 258 valence electrons. The van der Waals surface area contributed by atoms with Gasteiger partial charge >= 0.3 is 0 Å². The monoisotopic (exact) mass is 709 g/mol. The van der Waals surface area contributed by atoms with Crippen LogP contribution in [0.25, 0.3) is 98.9 Å². The first-order valence-corrected chi connectivity index (χ1v) is 19.4. The van der Waals surface area contributed by atoms with Crippen molar-refractivity contribution in [2.45, 2.75) is 5.41 Å². The van der Waals surface area contributed by atoms with E-state index in [1.165, 1.54) is 93.2 Å². The molecule has 0 saturated heterocycles. The summed E-state index contributed by atoms with van der Waals surface area (Å²) < 4.78 is 6.76. The van der Waals surface area contributed by atoms with Crippen molar-refractivity contribution >= 4 is 54.1 Å². The van der Waals surface area contributed by atoms with Crippen LogP contribution in [0.5, 0.6) is 0 Å². The summed E-state index contributed by atoms with van der Waals surface area (Å²) in [6.45, 7) is 0. The number of hydrogen-bond acceptors (Lipinski definition) is 2. The first-order valence-electron chi connectivity index (χ1n) is 19.4. The molecule has 2 aliphatic rings. The highest BCUT2D eigenvalue weighted by Gasteiger charge is 2.55. The molecule has 2 aliphatic carbocycles. The Morgan fingerprint density at radius 3 is 1.77 bits per heavy atom. The molecule has 56 heavy (non-hydrogen) atoms. The normalized spacial score (nSPS) is 15.2. The van der Waals surface area contributed by atoms with Gasteiger partial charge in [0, 0.05) is 28.3 Å². The number of nitrogens with zero attached hydrogens (tertiary/aromatic N) is 1. The lowest BCUT2D eigenvalue weighted by molar-refractivity contribution is 0.628. The maximum Gasteiger partial charge on any atom is 0.140 e. The van der Waals surface area contributed by atoms with Gasteiger partial charge in [0.2, 0.25) is 0 Å². The summed E-state index contributed by atoms with van der Waals surface area (Å²) in [4.78, 5) is 5.08. The minimum atomic E-state index is -0.568. The highest BCUT2D eigenvalue weighted by Crippen LogP contribution is 2.64. The summed E-state index contributed by atoms with van der Waals surface area (Å²) in [6.07, 6.45) is 1.93. The molecule has 2 heteroatoms. The SMILES string of the molecule is c1ccc2c(c1)-c1oc3ccccc3c1C21c2cc(-c3cc4c5ccccc5c(-c5ccc6ccccc6c5)cc4c4ccccc34)ccc2-c2ncccc21. The smallest absolute Gasteiger partial charge is 0.140 e. The summed E-state index contributed by atoms with van der Waals surface area (Å²) in [5.41, 5.74) is 13.5. The van der Waals surface area contributed by atoms with E-state index >= 15 is 0 Å². The molecule has 0 radical (unpaired) electrons. The molecule has 1 spiro atoms. The molecule has 11 aromatic rings. The summed E-state index contributed by atoms with van der Waals surface area (Å²) in [5.74, 6) is 0.958. The highest BCUT2D eigenvalue weighted by atomic mass is 16.3. The lowest BCUT2D eigenvalue weighted by atomic mass is 9.70. The van der Waals surface area contributed by atoms with Crippen molar-refractivity contribution in [3.63, 3.8) is 0 Å². The Morgan fingerprint density at radius 2 is 0.982 bits per heavy atom. The van der Waals surface area contributed by atoms with Gasteiger partial charge in [0.15, 0.2) is 0 Å². The molecule has 2 aromatic heterocycles. The van der Waals surface area contributed by atoms with Crippen LogP contribution in [-0.4, -0.2) is 4.98 Å². The molecule has 13 rings (SSSR count). The van der Waals surface area contributed by atoms with Gasteiger partial charge < -0.3 is 4.42 Å². The van der Waals surface area contributed by atoms with Gasteiger partial charge in [-0.1, -0.05) is 146 Å². The zero-order valence-electron chi connectivity index (χ0n) is 30.3. The van der Waals surface area contributed by atoms with Crippen LogP contribution in [0.15, 0.2) is 193 Å². The number of fused-ring (bicyclic) bond motifs is 18. The van der Waals surface area contributed by atoms with Crippen LogP contribution in [-0.2, 0) is 5.41 Å². The van der Waals surface area contributed by atoms with Crippen LogP contribution in [0.1, 0.15) is 22.3 Å². The predicted octanol–water partition coefficient (Wildman–Crippen LogP) is 14.1. The van der Waals surface area contributed by atoms with Gasteiger partial charge in [-0.25, -0.2) is 0 Å². The second kappa shape index (κ2) is 10.9. The van der Waals surface area contributed by atoms with Crippen LogP contribution in [0.3, 0.4) is 0 Å². The molecular formula is C54H31NO. The zero-order chi connectivity index (χ0) is 36.5. The fourth-order valence-corrected chi connectivity index (χ4v) is 10.4. The van der Waals surface area contributed by atoms with E-state index in [-0.39, 0.29) is 0 Å². The molecule has 0 aliphatic heterocycles. The minimum Gasteiger partial charge on any atom is -0.456 e. The molecule has 0 N–H and O–H groups in total. The van der Waals surface area contributed by atoms with Crippen molar-refractivity contribution in [1.29, 1.82) is 0 Å². The van der Waals surface area contributed by atoms with Gasteiger partial charge in [-0.05, 0) is 118 Å². The molecule has 2 nitrogen and oxygen atoms in total. The van der Waals surface area contributed by atoms with E-state index in [2.05, 4.69) is 182 Å². The van der Waals surface area contributed by atoms with E-state index in [0.29, 0.717) is 0 Å².